The molecule has 7 heteroatoms. The predicted octanol–water partition coefficient (Wildman–Crippen LogP) is 2.01. The van der Waals surface area contributed by atoms with E-state index in [2.05, 4.69) is 39.4 Å². The molecule has 0 amide bonds. The highest BCUT2D eigenvalue weighted by atomic mass is 16.4. The molecule has 1 aliphatic heterocycles. The SMILES string of the molecule is CC(C)c1nc2n(n1)CC(NCc1nnc(C(C)C)o1)CC2. The molecule has 0 saturated heterocycles. The number of aryl methyl sites for hydroxylation is 1. The van der Waals surface area contributed by atoms with Crippen LogP contribution in [0.2, 0.25) is 0 Å². The molecular formula is C15H24N6O. The van der Waals surface area contributed by atoms with E-state index in [0.717, 1.165) is 31.0 Å². The lowest BCUT2D eigenvalue weighted by atomic mass is 10.1. The molecule has 1 aliphatic rings. The van der Waals surface area contributed by atoms with Gasteiger partial charge in [-0.1, -0.05) is 27.7 Å². The Labute approximate surface area is 130 Å². The van der Waals surface area contributed by atoms with Crippen LogP contribution in [-0.2, 0) is 19.5 Å². The molecule has 0 saturated carbocycles. The lowest BCUT2D eigenvalue weighted by Gasteiger charge is -2.22. The number of aromatic nitrogens is 5. The number of nitrogens with zero attached hydrogens (tertiary/aromatic N) is 5. The van der Waals surface area contributed by atoms with Gasteiger partial charge in [0.05, 0.1) is 13.1 Å². The van der Waals surface area contributed by atoms with Gasteiger partial charge in [-0.25, -0.2) is 9.67 Å². The summed E-state index contributed by atoms with van der Waals surface area (Å²) in [5.74, 6) is 4.02. The van der Waals surface area contributed by atoms with Gasteiger partial charge < -0.3 is 9.73 Å². The van der Waals surface area contributed by atoms with E-state index < -0.39 is 0 Å². The maximum atomic E-state index is 5.62. The Morgan fingerprint density at radius 3 is 2.73 bits per heavy atom. The van der Waals surface area contributed by atoms with Crippen LogP contribution in [0.3, 0.4) is 0 Å². The summed E-state index contributed by atoms with van der Waals surface area (Å²) < 4.78 is 7.65. The van der Waals surface area contributed by atoms with Gasteiger partial charge >= 0.3 is 0 Å². The minimum Gasteiger partial charge on any atom is -0.424 e. The normalized spacial score (nSPS) is 18.2. The molecule has 0 spiro atoms. The molecule has 0 aromatic carbocycles. The molecule has 2 aromatic rings. The van der Waals surface area contributed by atoms with Gasteiger partial charge in [0, 0.05) is 24.3 Å². The fourth-order valence-corrected chi connectivity index (χ4v) is 2.54. The van der Waals surface area contributed by atoms with Gasteiger partial charge in [-0.05, 0) is 6.42 Å². The molecule has 7 nitrogen and oxygen atoms in total. The zero-order chi connectivity index (χ0) is 15.7. The van der Waals surface area contributed by atoms with Gasteiger partial charge in [-0.15, -0.1) is 10.2 Å². The number of hydrogen-bond acceptors (Lipinski definition) is 6. The standard InChI is InChI=1S/C15H24N6O/c1-9(2)14-17-12-6-5-11(8-21(12)20-14)16-7-13-18-19-15(22-13)10(3)4/h9-11,16H,5-8H2,1-4H3. The van der Waals surface area contributed by atoms with E-state index in [9.17, 15) is 0 Å². The molecule has 0 radical (unpaired) electrons. The molecule has 1 atom stereocenters. The number of hydrogen-bond donors (Lipinski definition) is 1. The van der Waals surface area contributed by atoms with Crippen LogP contribution in [0.15, 0.2) is 4.42 Å². The van der Waals surface area contributed by atoms with Crippen molar-refractivity contribution in [3.05, 3.63) is 23.4 Å². The first-order valence-electron chi connectivity index (χ1n) is 8.02. The third-order valence-corrected chi connectivity index (χ3v) is 3.91. The van der Waals surface area contributed by atoms with E-state index in [1.54, 1.807) is 0 Å². The second kappa shape index (κ2) is 6.16. The van der Waals surface area contributed by atoms with Crippen molar-refractivity contribution in [1.29, 1.82) is 0 Å². The van der Waals surface area contributed by atoms with Gasteiger partial charge in [0.25, 0.3) is 0 Å². The van der Waals surface area contributed by atoms with E-state index in [1.165, 1.54) is 0 Å². The van der Waals surface area contributed by atoms with Crippen LogP contribution in [0, 0.1) is 0 Å². The van der Waals surface area contributed by atoms with E-state index in [-0.39, 0.29) is 5.92 Å². The van der Waals surface area contributed by atoms with Crippen molar-refractivity contribution in [2.75, 3.05) is 0 Å². The highest BCUT2D eigenvalue weighted by molar-refractivity contribution is 5.01. The van der Waals surface area contributed by atoms with Crippen molar-refractivity contribution in [2.24, 2.45) is 0 Å². The third kappa shape index (κ3) is 3.19. The average molecular weight is 304 g/mol. The summed E-state index contributed by atoms with van der Waals surface area (Å²) in [6.07, 6.45) is 2.01. The Kier molecular flexibility index (Phi) is 4.24. The summed E-state index contributed by atoms with van der Waals surface area (Å²) in [7, 11) is 0. The Morgan fingerprint density at radius 2 is 2.05 bits per heavy atom. The van der Waals surface area contributed by atoms with Crippen LogP contribution in [0.5, 0.6) is 0 Å². The molecule has 2 aromatic heterocycles. The van der Waals surface area contributed by atoms with Crippen molar-refractivity contribution >= 4 is 0 Å². The van der Waals surface area contributed by atoms with E-state index in [1.807, 2.05) is 18.5 Å². The van der Waals surface area contributed by atoms with Crippen molar-refractivity contribution in [3.63, 3.8) is 0 Å². The first-order valence-corrected chi connectivity index (χ1v) is 8.02. The van der Waals surface area contributed by atoms with Gasteiger partial charge in [0.1, 0.15) is 5.82 Å². The Morgan fingerprint density at radius 1 is 1.23 bits per heavy atom. The Bertz CT molecular complexity index is 630. The summed E-state index contributed by atoms with van der Waals surface area (Å²) in [6, 6.07) is 0.364. The molecule has 22 heavy (non-hydrogen) atoms. The maximum absolute atomic E-state index is 5.62. The van der Waals surface area contributed by atoms with E-state index >= 15 is 0 Å². The molecule has 3 heterocycles. The Balaban J connectivity index is 1.58. The van der Waals surface area contributed by atoms with Crippen LogP contribution < -0.4 is 5.32 Å². The zero-order valence-corrected chi connectivity index (χ0v) is 13.7. The smallest absolute Gasteiger partial charge is 0.230 e. The predicted molar refractivity (Wildman–Crippen MR) is 81.4 cm³/mol. The van der Waals surface area contributed by atoms with Gasteiger partial charge in [-0.2, -0.15) is 5.10 Å². The van der Waals surface area contributed by atoms with E-state index in [0.29, 0.717) is 30.3 Å². The topological polar surface area (TPSA) is 81.7 Å². The average Bonchev–Trinajstić information content (AvgIpc) is 3.11. The van der Waals surface area contributed by atoms with Crippen LogP contribution in [0.4, 0.5) is 0 Å². The first kappa shape index (κ1) is 15.1. The zero-order valence-electron chi connectivity index (χ0n) is 13.7. The molecule has 3 rings (SSSR count). The molecule has 1 unspecified atom stereocenters. The highest BCUT2D eigenvalue weighted by Gasteiger charge is 2.22. The first-order chi connectivity index (χ1) is 10.5. The highest BCUT2D eigenvalue weighted by Crippen LogP contribution is 2.17. The lowest BCUT2D eigenvalue weighted by molar-refractivity contribution is 0.335. The fraction of sp³-hybridized carbons (Fsp3) is 0.733. The second-order valence-electron chi connectivity index (χ2n) is 6.53. The summed E-state index contributed by atoms with van der Waals surface area (Å²) in [5.41, 5.74) is 0. The molecule has 1 N–H and O–H groups in total. The molecule has 0 aliphatic carbocycles. The van der Waals surface area contributed by atoms with Crippen molar-refractivity contribution in [3.8, 4) is 0 Å². The monoisotopic (exact) mass is 304 g/mol. The molecular weight excluding hydrogens is 280 g/mol. The molecule has 0 fully saturated rings. The van der Waals surface area contributed by atoms with Gasteiger partial charge in [-0.3, -0.25) is 0 Å². The minimum atomic E-state index is 0.267. The third-order valence-electron chi connectivity index (χ3n) is 3.91. The quantitative estimate of drug-likeness (QED) is 0.910. The molecule has 0 bridgehead atoms. The van der Waals surface area contributed by atoms with Gasteiger partial charge in [0.15, 0.2) is 5.82 Å². The number of fused-ring (bicyclic) bond motifs is 1. The van der Waals surface area contributed by atoms with Crippen molar-refractivity contribution < 1.29 is 4.42 Å². The van der Waals surface area contributed by atoms with Crippen LogP contribution in [0.25, 0.3) is 0 Å². The second-order valence-corrected chi connectivity index (χ2v) is 6.53. The van der Waals surface area contributed by atoms with Crippen molar-refractivity contribution in [2.45, 2.75) is 71.5 Å². The lowest BCUT2D eigenvalue weighted by Crippen LogP contribution is -2.37. The fourth-order valence-electron chi connectivity index (χ4n) is 2.54. The molecule has 120 valence electrons. The minimum absolute atomic E-state index is 0.267. The maximum Gasteiger partial charge on any atom is 0.230 e. The van der Waals surface area contributed by atoms with Crippen LogP contribution in [0.1, 0.15) is 69.4 Å². The number of rotatable bonds is 5. The summed E-state index contributed by atoms with van der Waals surface area (Å²) in [6.45, 7) is 9.79. The van der Waals surface area contributed by atoms with Gasteiger partial charge in [0.2, 0.25) is 11.8 Å². The Hall–Kier alpha value is -1.76. The van der Waals surface area contributed by atoms with Crippen LogP contribution in [-0.4, -0.2) is 31.0 Å². The number of nitrogens with one attached hydrogen (secondary N) is 1. The van der Waals surface area contributed by atoms with Crippen LogP contribution >= 0.6 is 0 Å². The summed E-state index contributed by atoms with van der Waals surface area (Å²) in [5, 5.41) is 16.2. The largest absolute Gasteiger partial charge is 0.424 e. The van der Waals surface area contributed by atoms with E-state index in [4.69, 9.17) is 4.42 Å². The summed E-state index contributed by atoms with van der Waals surface area (Å²) in [4.78, 5) is 4.61. The van der Waals surface area contributed by atoms with Crippen molar-refractivity contribution in [1.82, 2.24) is 30.3 Å². The summed E-state index contributed by atoms with van der Waals surface area (Å²) >= 11 is 0.